The number of anilines is 1. The summed E-state index contributed by atoms with van der Waals surface area (Å²) in [7, 11) is 4.03. The van der Waals surface area contributed by atoms with Crippen LogP contribution in [-0.4, -0.2) is 30.2 Å². The Morgan fingerprint density at radius 3 is 2.89 bits per heavy atom. The van der Waals surface area contributed by atoms with Crippen LogP contribution in [0.4, 0.5) is 5.69 Å². The van der Waals surface area contributed by atoms with Gasteiger partial charge in [-0.2, -0.15) is 0 Å². The van der Waals surface area contributed by atoms with Crippen LogP contribution in [0.3, 0.4) is 0 Å². The number of nitrogens with one attached hydrogen (secondary N) is 1. The monoisotopic (exact) mass is 258 g/mol. The van der Waals surface area contributed by atoms with Crippen molar-refractivity contribution in [2.45, 2.75) is 19.3 Å². The second-order valence-electron chi connectivity index (χ2n) is 5.48. The number of rotatable bonds is 2. The fraction of sp³-hybridized carbons (Fsp3) is 0.400. The molecule has 3 rings (SSSR count). The summed E-state index contributed by atoms with van der Waals surface area (Å²) in [4.78, 5) is 16.7. The van der Waals surface area contributed by atoms with Crippen molar-refractivity contribution < 1.29 is 9.90 Å². The molecule has 1 atom stereocenters. The number of hydrogen-bond donors (Lipinski definition) is 2. The van der Waals surface area contributed by atoms with Gasteiger partial charge in [0, 0.05) is 36.4 Å². The number of carboxylic acids is 1. The molecule has 0 spiro atoms. The van der Waals surface area contributed by atoms with Gasteiger partial charge in [-0.1, -0.05) is 0 Å². The van der Waals surface area contributed by atoms with Gasteiger partial charge in [0.05, 0.1) is 5.92 Å². The summed E-state index contributed by atoms with van der Waals surface area (Å²) in [5.41, 5.74) is 4.66. The molecule has 0 saturated heterocycles. The van der Waals surface area contributed by atoms with Crippen molar-refractivity contribution in [2.75, 3.05) is 19.0 Å². The first-order valence-electron chi connectivity index (χ1n) is 6.60. The Bertz CT molecular complexity index is 643. The van der Waals surface area contributed by atoms with Gasteiger partial charge in [-0.15, -0.1) is 0 Å². The largest absolute Gasteiger partial charge is 0.481 e. The standard InChI is InChI=1S/C15H18N2O2/c1-17(2)10-4-6-14-12(8-10)11-7-9(15(18)19)3-5-13(11)16-14/h4,6,8-9,16H,3,5,7H2,1-2H3,(H,18,19). The molecule has 1 aromatic heterocycles. The van der Waals surface area contributed by atoms with Gasteiger partial charge in [0.2, 0.25) is 0 Å². The molecule has 1 aliphatic rings. The van der Waals surface area contributed by atoms with Crippen LogP contribution in [0.25, 0.3) is 10.9 Å². The van der Waals surface area contributed by atoms with Crippen molar-refractivity contribution in [3.8, 4) is 0 Å². The lowest BCUT2D eigenvalue weighted by Crippen LogP contribution is -2.21. The molecule has 0 amide bonds. The summed E-state index contributed by atoms with van der Waals surface area (Å²) in [5, 5.41) is 10.4. The highest BCUT2D eigenvalue weighted by molar-refractivity contribution is 5.89. The van der Waals surface area contributed by atoms with Crippen molar-refractivity contribution in [1.29, 1.82) is 0 Å². The number of H-pyrrole nitrogens is 1. The molecular weight excluding hydrogens is 240 g/mol. The van der Waals surface area contributed by atoms with Crippen molar-refractivity contribution in [3.05, 3.63) is 29.5 Å². The van der Waals surface area contributed by atoms with E-state index >= 15 is 0 Å². The molecule has 4 heteroatoms. The van der Waals surface area contributed by atoms with E-state index in [1.165, 1.54) is 16.6 Å². The molecule has 1 heterocycles. The zero-order valence-corrected chi connectivity index (χ0v) is 11.2. The molecule has 4 nitrogen and oxygen atoms in total. The summed E-state index contributed by atoms with van der Waals surface area (Å²) < 4.78 is 0. The minimum Gasteiger partial charge on any atom is -0.481 e. The second-order valence-corrected chi connectivity index (χ2v) is 5.48. The average Bonchev–Trinajstić information content (AvgIpc) is 2.75. The van der Waals surface area contributed by atoms with Gasteiger partial charge in [-0.3, -0.25) is 4.79 Å². The molecule has 19 heavy (non-hydrogen) atoms. The van der Waals surface area contributed by atoms with E-state index in [-0.39, 0.29) is 5.92 Å². The van der Waals surface area contributed by atoms with Crippen molar-refractivity contribution in [1.82, 2.24) is 4.98 Å². The number of fused-ring (bicyclic) bond motifs is 3. The van der Waals surface area contributed by atoms with Crippen LogP contribution in [0, 0.1) is 5.92 Å². The maximum Gasteiger partial charge on any atom is 0.306 e. The molecule has 1 unspecified atom stereocenters. The number of carboxylic acid groups (broad SMARTS) is 1. The first kappa shape index (κ1) is 12.1. The van der Waals surface area contributed by atoms with Gasteiger partial charge in [0.15, 0.2) is 0 Å². The number of benzene rings is 1. The molecule has 1 aliphatic carbocycles. The van der Waals surface area contributed by atoms with Gasteiger partial charge in [-0.05, 0) is 43.0 Å². The predicted molar refractivity (Wildman–Crippen MR) is 75.8 cm³/mol. The fourth-order valence-electron chi connectivity index (χ4n) is 2.89. The van der Waals surface area contributed by atoms with Crippen LogP contribution in [0.5, 0.6) is 0 Å². The Labute approximate surface area is 112 Å². The summed E-state index contributed by atoms with van der Waals surface area (Å²) in [6.45, 7) is 0. The number of carbonyl (C=O) groups is 1. The van der Waals surface area contributed by atoms with Crippen molar-refractivity contribution >= 4 is 22.6 Å². The van der Waals surface area contributed by atoms with E-state index in [1.807, 2.05) is 14.1 Å². The maximum atomic E-state index is 11.2. The van der Waals surface area contributed by atoms with Gasteiger partial charge in [0.25, 0.3) is 0 Å². The Hall–Kier alpha value is -1.97. The number of aromatic nitrogens is 1. The number of aryl methyl sites for hydroxylation is 1. The van der Waals surface area contributed by atoms with E-state index in [0.29, 0.717) is 6.42 Å². The quantitative estimate of drug-likeness (QED) is 0.869. The third-order valence-electron chi connectivity index (χ3n) is 4.04. The summed E-state index contributed by atoms with van der Waals surface area (Å²) >= 11 is 0. The highest BCUT2D eigenvalue weighted by atomic mass is 16.4. The van der Waals surface area contributed by atoms with Crippen molar-refractivity contribution in [2.24, 2.45) is 5.92 Å². The Kier molecular flexibility index (Phi) is 2.73. The molecule has 1 aromatic carbocycles. The Morgan fingerprint density at radius 1 is 1.42 bits per heavy atom. The summed E-state index contributed by atoms with van der Waals surface area (Å²) in [5.74, 6) is -0.918. The molecule has 0 radical (unpaired) electrons. The van der Waals surface area contributed by atoms with Crippen LogP contribution in [0.2, 0.25) is 0 Å². The molecule has 0 aliphatic heterocycles. The SMILES string of the molecule is CN(C)c1ccc2[nH]c3c(c2c1)CC(C(=O)O)CC3. The average molecular weight is 258 g/mol. The van der Waals surface area contributed by atoms with Crippen LogP contribution < -0.4 is 4.90 Å². The fourth-order valence-corrected chi connectivity index (χ4v) is 2.89. The number of nitrogens with zero attached hydrogens (tertiary/aromatic N) is 1. The topological polar surface area (TPSA) is 56.3 Å². The van der Waals surface area contributed by atoms with E-state index in [1.54, 1.807) is 0 Å². The van der Waals surface area contributed by atoms with E-state index in [0.717, 1.165) is 24.0 Å². The Morgan fingerprint density at radius 2 is 2.21 bits per heavy atom. The molecule has 100 valence electrons. The van der Waals surface area contributed by atoms with E-state index in [2.05, 4.69) is 28.1 Å². The van der Waals surface area contributed by atoms with Gasteiger partial charge in [-0.25, -0.2) is 0 Å². The first-order chi connectivity index (χ1) is 9.06. The minimum absolute atomic E-state index is 0.241. The van der Waals surface area contributed by atoms with Crippen molar-refractivity contribution in [3.63, 3.8) is 0 Å². The molecule has 0 fully saturated rings. The van der Waals surface area contributed by atoms with E-state index in [9.17, 15) is 9.90 Å². The molecule has 2 aromatic rings. The normalized spacial score (nSPS) is 18.3. The number of aliphatic carboxylic acids is 1. The molecular formula is C15H18N2O2. The van der Waals surface area contributed by atoms with E-state index in [4.69, 9.17) is 0 Å². The zero-order valence-electron chi connectivity index (χ0n) is 11.2. The third kappa shape index (κ3) is 1.97. The molecule has 2 N–H and O–H groups in total. The molecule has 0 bridgehead atoms. The third-order valence-corrected chi connectivity index (χ3v) is 4.04. The summed E-state index contributed by atoms with van der Waals surface area (Å²) in [6, 6.07) is 6.31. The molecule has 0 saturated carbocycles. The highest BCUT2D eigenvalue weighted by Gasteiger charge is 2.27. The van der Waals surface area contributed by atoms with Crippen LogP contribution in [-0.2, 0) is 17.6 Å². The smallest absolute Gasteiger partial charge is 0.306 e. The lowest BCUT2D eigenvalue weighted by molar-refractivity contribution is -0.142. The lowest BCUT2D eigenvalue weighted by atomic mass is 9.86. The number of hydrogen-bond acceptors (Lipinski definition) is 2. The van der Waals surface area contributed by atoms with Gasteiger partial charge >= 0.3 is 5.97 Å². The highest BCUT2D eigenvalue weighted by Crippen LogP contribution is 2.33. The maximum absolute atomic E-state index is 11.2. The Balaban J connectivity index is 2.10. The zero-order chi connectivity index (χ0) is 13.6. The first-order valence-corrected chi connectivity index (χ1v) is 6.60. The van der Waals surface area contributed by atoms with Gasteiger partial charge < -0.3 is 15.0 Å². The lowest BCUT2D eigenvalue weighted by Gasteiger charge is -2.19. The number of aromatic amines is 1. The van der Waals surface area contributed by atoms with E-state index < -0.39 is 5.97 Å². The summed E-state index contributed by atoms with van der Waals surface area (Å²) in [6.07, 6.45) is 2.20. The second kappa shape index (κ2) is 4.30. The van der Waals surface area contributed by atoms with Crippen LogP contribution in [0.15, 0.2) is 18.2 Å². The van der Waals surface area contributed by atoms with Gasteiger partial charge in [0.1, 0.15) is 0 Å². The van der Waals surface area contributed by atoms with Crippen LogP contribution >= 0.6 is 0 Å². The minimum atomic E-state index is -0.677. The predicted octanol–water partition coefficient (Wildman–Crippen LogP) is 2.42. The van der Waals surface area contributed by atoms with Crippen LogP contribution in [0.1, 0.15) is 17.7 Å².